The lowest BCUT2D eigenvalue weighted by atomic mass is 9.73. The number of hydrogen-bond acceptors (Lipinski definition) is 4. The number of carboxylic acid groups (broad SMARTS) is 1. The number of carboxylic acids is 1. The van der Waals surface area contributed by atoms with E-state index in [9.17, 15) is 53.8 Å². The lowest BCUT2D eigenvalue weighted by Crippen LogP contribution is -2.54. The van der Waals surface area contributed by atoms with Crippen molar-refractivity contribution >= 4 is 21.7 Å². The van der Waals surface area contributed by atoms with Gasteiger partial charge in [-0.1, -0.05) is 6.07 Å². The van der Waals surface area contributed by atoms with E-state index in [1.54, 1.807) is 0 Å². The van der Waals surface area contributed by atoms with Crippen LogP contribution in [-0.4, -0.2) is 55.2 Å². The lowest BCUT2D eigenvalue weighted by molar-refractivity contribution is -0.349. The summed E-state index contributed by atoms with van der Waals surface area (Å²) in [5.74, 6) is -3.40. The molecule has 2 atom stereocenters. The van der Waals surface area contributed by atoms with Crippen LogP contribution in [0.2, 0.25) is 0 Å². The molecule has 2 aliphatic carbocycles. The summed E-state index contributed by atoms with van der Waals surface area (Å²) in [6.07, 6.45) is -12.5. The molecule has 0 aromatic heterocycles. The number of carbonyl (C=O) groups is 2. The van der Waals surface area contributed by atoms with E-state index in [2.05, 4.69) is 0 Å². The number of aryl methyl sites for hydroxylation is 1. The number of rotatable bonds is 5. The normalized spacial score (nSPS) is 25.6. The Hall–Kier alpha value is -3.23. The topological polar surface area (TPSA) is 91.8 Å². The van der Waals surface area contributed by atoms with Crippen LogP contribution in [0.1, 0.15) is 66.3 Å². The van der Waals surface area contributed by atoms with E-state index < -0.39 is 84.9 Å². The van der Waals surface area contributed by atoms with Crippen LogP contribution in [0.3, 0.4) is 0 Å². The molecule has 2 aromatic carbocycles. The van der Waals surface area contributed by atoms with Gasteiger partial charge in [-0.2, -0.15) is 26.3 Å². The largest absolute Gasteiger partial charge is 0.481 e. The number of nitrogens with zero attached hydrogens (tertiary/aromatic N) is 1. The minimum atomic E-state index is -6.39. The number of hydrogen-bond donors (Lipinski definition) is 1. The van der Waals surface area contributed by atoms with Gasteiger partial charge in [0.05, 0.1) is 16.9 Å². The molecule has 2 fully saturated rings. The summed E-state index contributed by atoms with van der Waals surface area (Å²) in [4.78, 5) is 26.3. The molecular weight excluding hydrogens is 650 g/mol. The second kappa shape index (κ2) is 11.2. The summed E-state index contributed by atoms with van der Waals surface area (Å²) in [6.45, 7) is 1.64. The summed E-state index contributed by atoms with van der Waals surface area (Å²) in [5, 5.41) is 9.34. The Kier molecular flexibility index (Phi) is 8.30. The van der Waals surface area contributed by atoms with Gasteiger partial charge >= 0.3 is 24.0 Å². The first-order valence-electron chi connectivity index (χ1n) is 14.7. The van der Waals surface area contributed by atoms with Gasteiger partial charge in [0.25, 0.3) is 0 Å². The van der Waals surface area contributed by atoms with E-state index in [4.69, 9.17) is 0 Å². The Morgan fingerprint density at radius 1 is 0.891 bits per heavy atom. The molecule has 1 heterocycles. The van der Waals surface area contributed by atoms with Gasteiger partial charge in [0.2, 0.25) is 5.91 Å². The third kappa shape index (κ3) is 4.90. The average molecular weight is 682 g/mol. The van der Waals surface area contributed by atoms with Crippen molar-refractivity contribution in [2.24, 2.45) is 11.8 Å². The molecule has 3 aliphatic rings. The molecule has 2 aromatic rings. The highest BCUT2D eigenvalue weighted by Crippen LogP contribution is 2.59. The van der Waals surface area contributed by atoms with Gasteiger partial charge in [0, 0.05) is 18.0 Å². The number of sulfone groups is 1. The monoisotopic (exact) mass is 681 g/mol. The molecule has 1 aliphatic heterocycles. The highest BCUT2D eigenvalue weighted by Gasteiger charge is 2.74. The molecule has 1 amide bonds. The molecule has 1 saturated heterocycles. The molecule has 5 rings (SSSR count). The molecule has 1 N–H and O–H groups in total. The van der Waals surface area contributed by atoms with E-state index in [0.717, 1.165) is 44.2 Å². The zero-order chi connectivity index (χ0) is 34.2. The molecule has 6 nitrogen and oxygen atoms in total. The van der Waals surface area contributed by atoms with Crippen LogP contribution in [-0.2, 0) is 36.3 Å². The van der Waals surface area contributed by atoms with Crippen LogP contribution < -0.4 is 0 Å². The van der Waals surface area contributed by atoms with Crippen molar-refractivity contribution in [3.8, 4) is 0 Å². The van der Waals surface area contributed by atoms with Crippen LogP contribution in [0.25, 0.3) is 0 Å². The summed E-state index contributed by atoms with van der Waals surface area (Å²) in [6, 6.07) is 3.54. The van der Waals surface area contributed by atoms with Crippen molar-refractivity contribution in [2.45, 2.75) is 92.5 Å². The van der Waals surface area contributed by atoms with Gasteiger partial charge in [-0.3, -0.25) is 9.59 Å². The quantitative estimate of drug-likeness (QED) is 0.276. The van der Waals surface area contributed by atoms with Crippen molar-refractivity contribution in [3.05, 3.63) is 64.0 Å². The molecule has 0 bridgehead atoms. The first-order chi connectivity index (χ1) is 21.2. The Balaban J connectivity index is 1.70. The fraction of sp³-hybridized carbons (Fsp3) is 0.548. The third-order valence-corrected chi connectivity index (χ3v) is 12.7. The van der Waals surface area contributed by atoms with Gasteiger partial charge in [0.1, 0.15) is 10.6 Å². The number of fused-ring (bicyclic) bond motifs is 3. The number of amides is 1. The highest BCUT2D eigenvalue weighted by atomic mass is 32.2. The van der Waals surface area contributed by atoms with Crippen molar-refractivity contribution in [1.82, 2.24) is 4.90 Å². The first kappa shape index (κ1) is 34.1. The van der Waals surface area contributed by atoms with Crippen LogP contribution >= 0.6 is 0 Å². The Bertz CT molecular complexity index is 1650. The zero-order valence-corrected chi connectivity index (χ0v) is 25.6. The molecule has 0 spiro atoms. The van der Waals surface area contributed by atoms with E-state index in [0.29, 0.717) is 0 Å². The van der Waals surface area contributed by atoms with E-state index in [1.165, 1.54) is 4.90 Å². The second-order valence-corrected chi connectivity index (χ2v) is 14.7. The maximum atomic E-state index is 15.5. The van der Waals surface area contributed by atoms with Crippen LogP contribution in [0.5, 0.6) is 0 Å². The SMILES string of the molecule is Cc1cc2c(c(C)c1C(F)(C(F)(F)F)C(F)(F)F)CC[C@H]1N(C(=O)C3CCC(C(=O)O)CC3)CC[C@@]21S(=O)(=O)c1ccc(F)cc1. The number of halogens is 8. The van der Waals surface area contributed by atoms with Crippen molar-refractivity contribution < 1.29 is 58.2 Å². The van der Waals surface area contributed by atoms with E-state index >= 15 is 4.39 Å². The summed E-state index contributed by atoms with van der Waals surface area (Å²) < 4.78 is 140. The number of carbonyl (C=O) groups excluding carboxylic acids is 1. The third-order valence-electron chi connectivity index (χ3n) is 10.1. The predicted octanol–water partition coefficient (Wildman–Crippen LogP) is 6.84. The highest BCUT2D eigenvalue weighted by molar-refractivity contribution is 7.92. The fourth-order valence-electron chi connectivity index (χ4n) is 7.91. The predicted molar refractivity (Wildman–Crippen MR) is 148 cm³/mol. The summed E-state index contributed by atoms with van der Waals surface area (Å²) in [7, 11) is -4.62. The van der Waals surface area contributed by atoms with Crippen LogP contribution in [0.15, 0.2) is 35.2 Å². The zero-order valence-electron chi connectivity index (χ0n) is 24.7. The van der Waals surface area contributed by atoms with Crippen molar-refractivity contribution in [1.29, 1.82) is 0 Å². The van der Waals surface area contributed by atoms with Gasteiger partial charge in [0.15, 0.2) is 9.84 Å². The van der Waals surface area contributed by atoms with Gasteiger partial charge in [-0.05, 0) is 105 Å². The average Bonchev–Trinajstić information content (AvgIpc) is 3.37. The Morgan fingerprint density at radius 3 is 1.96 bits per heavy atom. The summed E-state index contributed by atoms with van der Waals surface area (Å²) in [5.41, 5.74) is -9.15. The number of benzene rings is 2. The number of likely N-dealkylation sites (tertiary alicyclic amines) is 1. The number of alkyl halides is 7. The van der Waals surface area contributed by atoms with Crippen LogP contribution in [0.4, 0.5) is 35.1 Å². The summed E-state index contributed by atoms with van der Waals surface area (Å²) >= 11 is 0. The maximum Gasteiger partial charge on any atom is 0.435 e. The van der Waals surface area contributed by atoms with Gasteiger partial charge in [-0.15, -0.1) is 0 Å². The molecular formula is C31H31F8NO5S. The second-order valence-electron chi connectivity index (χ2n) is 12.4. The molecule has 0 radical (unpaired) electrons. The molecule has 46 heavy (non-hydrogen) atoms. The fourth-order valence-corrected chi connectivity index (χ4v) is 10.3. The molecule has 252 valence electrons. The number of aliphatic carboxylic acids is 1. The van der Waals surface area contributed by atoms with E-state index in [-0.39, 0.29) is 67.5 Å². The Morgan fingerprint density at radius 2 is 1.43 bits per heavy atom. The smallest absolute Gasteiger partial charge is 0.435 e. The van der Waals surface area contributed by atoms with E-state index in [1.807, 2.05) is 0 Å². The first-order valence-corrected chi connectivity index (χ1v) is 16.2. The molecule has 0 unspecified atom stereocenters. The minimum Gasteiger partial charge on any atom is -0.481 e. The Labute approximate surface area is 259 Å². The van der Waals surface area contributed by atoms with Crippen LogP contribution in [0, 0.1) is 31.5 Å². The van der Waals surface area contributed by atoms with Gasteiger partial charge in [-0.25, -0.2) is 17.2 Å². The van der Waals surface area contributed by atoms with Crippen molar-refractivity contribution in [2.75, 3.05) is 6.54 Å². The van der Waals surface area contributed by atoms with Crippen molar-refractivity contribution in [3.63, 3.8) is 0 Å². The maximum absolute atomic E-state index is 15.5. The molecule has 1 saturated carbocycles. The van der Waals surface area contributed by atoms with Gasteiger partial charge < -0.3 is 10.0 Å². The standard InChI is InChI=1S/C31H31F8NO5S/c1-16-15-23-22(17(2)25(16)29(33,30(34,35)36)31(37,38)39)11-12-24-28(23,46(44,45)21-9-7-20(32)8-10-21)13-14-40(24)26(41)18-3-5-19(6-4-18)27(42)43/h7-10,15,18-19,24H,3-6,11-14H2,1-2H3,(H,42,43)/t18?,19?,24-,28-/m1/s1. The lowest BCUT2D eigenvalue weighted by Gasteiger charge is -2.45. The minimum absolute atomic E-state index is 0.122. The molecule has 15 heteroatoms.